The van der Waals surface area contributed by atoms with Gasteiger partial charge in [0.05, 0.1) is 5.02 Å². The Labute approximate surface area is 143 Å². The van der Waals surface area contributed by atoms with Crippen LogP contribution in [0.1, 0.15) is 16.2 Å². The van der Waals surface area contributed by atoms with Crippen molar-refractivity contribution in [2.45, 2.75) is 6.92 Å². The van der Waals surface area contributed by atoms with Crippen LogP contribution < -0.4 is 5.32 Å². The fourth-order valence-electron chi connectivity index (χ4n) is 2.08. The average Bonchev–Trinajstić information content (AvgIpc) is 2.97. The van der Waals surface area contributed by atoms with Crippen LogP contribution in [0.4, 0.5) is 5.82 Å². The standard InChI is InChI=1S/C17H12Cl2N2O2/c1-10-3-2-4-16(20-10)21-17(22)15-8-7-14(23-15)12-6-5-11(18)9-13(12)19/h2-9H,1H3,(H,20,21,22). The van der Waals surface area contributed by atoms with Gasteiger partial charge in [-0.2, -0.15) is 0 Å². The van der Waals surface area contributed by atoms with Gasteiger partial charge in [-0.1, -0.05) is 29.3 Å². The normalized spacial score (nSPS) is 10.6. The molecule has 4 nitrogen and oxygen atoms in total. The van der Waals surface area contributed by atoms with Gasteiger partial charge in [-0.05, 0) is 49.4 Å². The highest BCUT2D eigenvalue weighted by molar-refractivity contribution is 6.36. The third kappa shape index (κ3) is 3.55. The van der Waals surface area contributed by atoms with Crippen LogP contribution in [0, 0.1) is 6.92 Å². The number of pyridine rings is 1. The van der Waals surface area contributed by atoms with Crippen LogP contribution in [0.15, 0.2) is 52.9 Å². The van der Waals surface area contributed by atoms with E-state index < -0.39 is 0 Å². The Morgan fingerprint density at radius 3 is 2.70 bits per heavy atom. The zero-order valence-electron chi connectivity index (χ0n) is 12.1. The van der Waals surface area contributed by atoms with Gasteiger partial charge in [0.2, 0.25) is 0 Å². The van der Waals surface area contributed by atoms with Crippen molar-refractivity contribution in [1.29, 1.82) is 0 Å². The highest BCUT2D eigenvalue weighted by atomic mass is 35.5. The van der Waals surface area contributed by atoms with Crippen LogP contribution in [0.25, 0.3) is 11.3 Å². The Hall–Kier alpha value is -2.30. The summed E-state index contributed by atoms with van der Waals surface area (Å²) in [5.41, 5.74) is 1.49. The minimum atomic E-state index is -0.376. The number of rotatable bonds is 3. The largest absolute Gasteiger partial charge is 0.451 e. The second kappa shape index (κ2) is 6.44. The molecule has 2 aromatic heterocycles. The maximum absolute atomic E-state index is 12.2. The number of furan rings is 1. The molecule has 0 bridgehead atoms. The molecule has 0 aliphatic heterocycles. The minimum Gasteiger partial charge on any atom is -0.451 e. The van der Waals surface area contributed by atoms with Gasteiger partial charge < -0.3 is 9.73 Å². The highest BCUT2D eigenvalue weighted by Gasteiger charge is 2.14. The number of amides is 1. The van der Waals surface area contributed by atoms with Crippen molar-refractivity contribution in [2.24, 2.45) is 0 Å². The summed E-state index contributed by atoms with van der Waals surface area (Å²) in [6.45, 7) is 1.85. The summed E-state index contributed by atoms with van der Waals surface area (Å²) in [6, 6.07) is 13.7. The van der Waals surface area contributed by atoms with E-state index in [-0.39, 0.29) is 11.7 Å². The first kappa shape index (κ1) is 15.6. The Morgan fingerprint density at radius 1 is 1.13 bits per heavy atom. The van der Waals surface area contributed by atoms with E-state index in [9.17, 15) is 4.79 Å². The third-order valence-corrected chi connectivity index (χ3v) is 3.70. The van der Waals surface area contributed by atoms with Crippen LogP contribution in [-0.4, -0.2) is 10.9 Å². The number of hydrogen-bond donors (Lipinski definition) is 1. The zero-order chi connectivity index (χ0) is 16.4. The number of anilines is 1. The van der Waals surface area contributed by atoms with E-state index in [0.717, 1.165) is 5.69 Å². The monoisotopic (exact) mass is 346 g/mol. The first-order chi connectivity index (χ1) is 11.0. The first-order valence-corrected chi connectivity index (χ1v) is 7.59. The molecular formula is C17H12Cl2N2O2. The number of nitrogens with one attached hydrogen (secondary N) is 1. The predicted molar refractivity (Wildman–Crippen MR) is 91.1 cm³/mol. The van der Waals surface area contributed by atoms with Crippen LogP contribution in [0.5, 0.6) is 0 Å². The van der Waals surface area contributed by atoms with E-state index in [0.29, 0.717) is 27.2 Å². The Balaban J connectivity index is 1.82. The molecule has 2 heterocycles. The fraction of sp³-hybridized carbons (Fsp3) is 0.0588. The molecule has 23 heavy (non-hydrogen) atoms. The Bertz CT molecular complexity index is 875. The van der Waals surface area contributed by atoms with E-state index in [4.69, 9.17) is 27.6 Å². The molecule has 0 aliphatic rings. The van der Waals surface area contributed by atoms with Gasteiger partial charge in [-0.15, -0.1) is 0 Å². The second-order valence-electron chi connectivity index (χ2n) is 4.91. The van der Waals surface area contributed by atoms with Gasteiger partial charge in [0, 0.05) is 16.3 Å². The van der Waals surface area contributed by atoms with Crippen molar-refractivity contribution in [3.05, 3.63) is 70.0 Å². The Morgan fingerprint density at radius 2 is 1.96 bits per heavy atom. The smallest absolute Gasteiger partial charge is 0.292 e. The first-order valence-electron chi connectivity index (χ1n) is 6.83. The lowest BCUT2D eigenvalue weighted by atomic mass is 10.2. The number of carbonyl (C=O) groups excluding carboxylic acids is 1. The van der Waals surface area contributed by atoms with Gasteiger partial charge in [0.15, 0.2) is 5.76 Å². The molecule has 3 rings (SSSR count). The molecule has 0 unspecified atom stereocenters. The number of aryl methyl sites for hydroxylation is 1. The molecule has 1 amide bonds. The summed E-state index contributed by atoms with van der Waals surface area (Å²) >= 11 is 12.0. The van der Waals surface area contributed by atoms with E-state index >= 15 is 0 Å². The summed E-state index contributed by atoms with van der Waals surface area (Å²) in [4.78, 5) is 16.4. The summed E-state index contributed by atoms with van der Waals surface area (Å²) < 4.78 is 5.59. The molecule has 1 aromatic carbocycles. The average molecular weight is 347 g/mol. The topological polar surface area (TPSA) is 55.1 Å². The lowest BCUT2D eigenvalue weighted by Crippen LogP contribution is -2.12. The summed E-state index contributed by atoms with van der Waals surface area (Å²) in [6.07, 6.45) is 0. The van der Waals surface area contributed by atoms with Gasteiger partial charge in [0.25, 0.3) is 5.91 Å². The van der Waals surface area contributed by atoms with Crippen molar-refractivity contribution >= 4 is 34.9 Å². The molecule has 6 heteroatoms. The maximum atomic E-state index is 12.2. The fourth-order valence-corrected chi connectivity index (χ4v) is 2.59. The van der Waals surface area contributed by atoms with Crippen molar-refractivity contribution in [1.82, 2.24) is 4.98 Å². The number of halogens is 2. The third-order valence-electron chi connectivity index (χ3n) is 3.16. The number of carbonyl (C=O) groups is 1. The van der Waals surface area contributed by atoms with Crippen LogP contribution in [0.2, 0.25) is 10.0 Å². The number of hydrogen-bond acceptors (Lipinski definition) is 3. The summed E-state index contributed by atoms with van der Waals surface area (Å²) in [5, 5.41) is 3.68. The number of aromatic nitrogens is 1. The molecule has 3 aromatic rings. The lowest BCUT2D eigenvalue weighted by molar-refractivity contribution is 0.0997. The molecule has 0 saturated carbocycles. The van der Waals surface area contributed by atoms with Crippen LogP contribution in [-0.2, 0) is 0 Å². The van der Waals surface area contributed by atoms with Gasteiger partial charge in [0.1, 0.15) is 11.6 Å². The molecule has 116 valence electrons. The number of nitrogens with zero attached hydrogens (tertiary/aromatic N) is 1. The van der Waals surface area contributed by atoms with Gasteiger partial charge in [-0.25, -0.2) is 4.98 Å². The molecule has 0 atom stereocenters. The zero-order valence-corrected chi connectivity index (χ0v) is 13.7. The summed E-state index contributed by atoms with van der Waals surface area (Å²) in [5.74, 6) is 0.764. The lowest BCUT2D eigenvalue weighted by Gasteiger charge is -2.03. The minimum absolute atomic E-state index is 0.175. The number of benzene rings is 1. The SMILES string of the molecule is Cc1cccc(NC(=O)c2ccc(-c3ccc(Cl)cc3Cl)o2)n1. The molecule has 0 radical (unpaired) electrons. The van der Waals surface area contributed by atoms with Crippen LogP contribution >= 0.6 is 23.2 Å². The molecular weight excluding hydrogens is 335 g/mol. The predicted octanol–water partition coefficient (Wildman–Crippen LogP) is 5.21. The molecule has 0 saturated heterocycles. The van der Waals surface area contributed by atoms with Crippen molar-refractivity contribution in [3.8, 4) is 11.3 Å². The van der Waals surface area contributed by atoms with Crippen molar-refractivity contribution in [2.75, 3.05) is 5.32 Å². The van der Waals surface area contributed by atoms with Crippen molar-refractivity contribution in [3.63, 3.8) is 0 Å². The van der Waals surface area contributed by atoms with Gasteiger partial charge >= 0.3 is 0 Å². The molecule has 0 spiro atoms. The highest BCUT2D eigenvalue weighted by Crippen LogP contribution is 2.31. The molecule has 0 aliphatic carbocycles. The summed E-state index contributed by atoms with van der Waals surface area (Å²) in [7, 11) is 0. The van der Waals surface area contributed by atoms with E-state index in [1.165, 1.54) is 0 Å². The van der Waals surface area contributed by atoms with E-state index in [1.54, 1.807) is 36.4 Å². The Kier molecular flexibility index (Phi) is 4.37. The van der Waals surface area contributed by atoms with Gasteiger partial charge in [-0.3, -0.25) is 4.79 Å². The second-order valence-corrected chi connectivity index (χ2v) is 5.75. The molecule has 0 fully saturated rings. The maximum Gasteiger partial charge on any atom is 0.292 e. The van der Waals surface area contributed by atoms with E-state index in [1.807, 2.05) is 19.1 Å². The van der Waals surface area contributed by atoms with E-state index in [2.05, 4.69) is 10.3 Å². The van der Waals surface area contributed by atoms with Crippen LogP contribution in [0.3, 0.4) is 0 Å². The molecule has 1 N–H and O–H groups in total. The quantitative estimate of drug-likeness (QED) is 0.708. The van der Waals surface area contributed by atoms with Crippen molar-refractivity contribution < 1.29 is 9.21 Å².